The number of nitrogens with zero attached hydrogens (tertiary/aromatic N) is 1. The molecule has 0 saturated carbocycles. The van der Waals surface area contributed by atoms with Gasteiger partial charge in [-0.2, -0.15) is 0 Å². The Kier molecular flexibility index (Phi) is 1.80. The number of anilines is 1. The van der Waals surface area contributed by atoms with Gasteiger partial charge in [0.2, 0.25) is 0 Å². The summed E-state index contributed by atoms with van der Waals surface area (Å²) in [6, 6.07) is 0. The minimum absolute atomic E-state index is 0.382. The van der Waals surface area contributed by atoms with Gasteiger partial charge in [-0.1, -0.05) is 0 Å². The quantitative estimate of drug-likeness (QED) is 0.553. The summed E-state index contributed by atoms with van der Waals surface area (Å²) in [5.41, 5.74) is -0.420. The Bertz CT molecular complexity index is 363. The number of hydrogen-bond acceptors (Lipinski definition) is 3. The van der Waals surface area contributed by atoms with Crippen LogP contribution in [0.15, 0.2) is 15.8 Å². The molecule has 1 heterocycles. The van der Waals surface area contributed by atoms with Gasteiger partial charge in [0.25, 0.3) is 5.56 Å². The molecule has 60 valence electrons. The maximum Gasteiger partial charge on any atom is 0.328 e. The summed E-state index contributed by atoms with van der Waals surface area (Å²) in [7, 11) is 3.19. The molecule has 11 heavy (non-hydrogen) atoms. The van der Waals surface area contributed by atoms with Crippen LogP contribution in [0.3, 0.4) is 0 Å². The Labute approximate surface area is 62.7 Å². The van der Waals surface area contributed by atoms with Crippen molar-refractivity contribution in [3.63, 3.8) is 0 Å². The van der Waals surface area contributed by atoms with Crippen LogP contribution in [0.5, 0.6) is 0 Å². The molecule has 0 bridgehead atoms. The molecular formula is C6H9N3O2. The first-order valence-electron chi connectivity index (χ1n) is 3.13. The molecule has 0 aliphatic carbocycles. The maximum absolute atomic E-state index is 10.9. The van der Waals surface area contributed by atoms with Crippen LogP contribution >= 0.6 is 0 Å². The first-order valence-corrected chi connectivity index (χ1v) is 3.13. The van der Waals surface area contributed by atoms with Crippen molar-refractivity contribution < 1.29 is 0 Å². The Morgan fingerprint density at radius 2 is 2.18 bits per heavy atom. The van der Waals surface area contributed by atoms with Crippen LogP contribution in [0, 0.1) is 0 Å². The summed E-state index contributed by atoms with van der Waals surface area (Å²) in [5, 5.41) is 2.66. The van der Waals surface area contributed by atoms with E-state index in [2.05, 4.69) is 10.3 Å². The van der Waals surface area contributed by atoms with E-state index in [1.54, 1.807) is 14.1 Å². The molecule has 0 radical (unpaired) electrons. The van der Waals surface area contributed by atoms with Crippen LogP contribution in [0.25, 0.3) is 0 Å². The summed E-state index contributed by atoms with van der Waals surface area (Å²) in [4.78, 5) is 23.8. The lowest BCUT2D eigenvalue weighted by atomic mass is 10.5. The normalized spacial score (nSPS) is 9.64. The van der Waals surface area contributed by atoms with Gasteiger partial charge < -0.3 is 9.88 Å². The van der Waals surface area contributed by atoms with Crippen molar-refractivity contribution in [1.82, 2.24) is 9.55 Å². The largest absolute Gasteiger partial charge is 0.382 e. The topological polar surface area (TPSA) is 66.9 Å². The highest BCUT2D eigenvalue weighted by molar-refractivity contribution is 5.36. The van der Waals surface area contributed by atoms with Gasteiger partial charge in [-0.15, -0.1) is 0 Å². The van der Waals surface area contributed by atoms with E-state index in [0.29, 0.717) is 5.69 Å². The van der Waals surface area contributed by atoms with E-state index in [0.717, 1.165) is 0 Å². The highest BCUT2D eigenvalue weighted by Crippen LogP contribution is 1.89. The highest BCUT2D eigenvalue weighted by atomic mass is 16.2. The fourth-order valence-electron chi connectivity index (χ4n) is 0.742. The van der Waals surface area contributed by atoms with E-state index < -0.39 is 11.2 Å². The van der Waals surface area contributed by atoms with E-state index in [4.69, 9.17) is 0 Å². The molecule has 0 amide bonds. The monoisotopic (exact) mass is 155 g/mol. The Morgan fingerprint density at radius 3 is 2.73 bits per heavy atom. The fourth-order valence-corrected chi connectivity index (χ4v) is 0.742. The van der Waals surface area contributed by atoms with Crippen molar-refractivity contribution in [2.75, 3.05) is 12.4 Å². The minimum atomic E-state index is -0.408. The third-order valence-electron chi connectivity index (χ3n) is 1.38. The highest BCUT2D eigenvalue weighted by Gasteiger charge is 1.97. The van der Waals surface area contributed by atoms with Gasteiger partial charge in [-0.25, -0.2) is 4.79 Å². The van der Waals surface area contributed by atoms with Crippen LogP contribution < -0.4 is 16.6 Å². The first-order chi connectivity index (χ1) is 5.15. The molecule has 5 heteroatoms. The average Bonchev–Trinajstić information content (AvgIpc) is 1.97. The molecule has 0 aromatic carbocycles. The number of nitrogens with one attached hydrogen (secondary N) is 2. The third-order valence-corrected chi connectivity index (χ3v) is 1.38. The smallest absolute Gasteiger partial charge is 0.328 e. The predicted octanol–water partition coefficient (Wildman–Crippen LogP) is -0.885. The van der Waals surface area contributed by atoms with Crippen molar-refractivity contribution in [2.45, 2.75) is 0 Å². The number of rotatable bonds is 1. The molecule has 1 aromatic heterocycles. The molecule has 1 rings (SSSR count). The maximum atomic E-state index is 10.9. The summed E-state index contributed by atoms with van der Waals surface area (Å²) < 4.78 is 1.30. The standard InChI is InChI=1S/C6H9N3O2/c1-7-4-3-9(2)6(11)8-5(4)10/h3,7H,1-2H3,(H,8,10,11). The number of aromatic amines is 1. The summed E-state index contributed by atoms with van der Waals surface area (Å²) in [5.74, 6) is 0. The van der Waals surface area contributed by atoms with Gasteiger partial charge in [-0.3, -0.25) is 9.78 Å². The van der Waals surface area contributed by atoms with Crippen LogP contribution in [-0.4, -0.2) is 16.6 Å². The molecule has 0 saturated heterocycles. The zero-order valence-electron chi connectivity index (χ0n) is 6.34. The molecule has 0 atom stereocenters. The molecule has 0 aliphatic rings. The molecule has 2 N–H and O–H groups in total. The molecule has 0 spiro atoms. The van der Waals surface area contributed by atoms with Crippen molar-refractivity contribution in [3.05, 3.63) is 27.0 Å². The zero-order chi connectivity index (χ0) is 8.43. The summed E-state index contributed by atoms with van der Waals surface area (Å²) >= 11 is 0. The van der Waals surface area contributed by atoms with Gasteiger partial charge in [0.05, 0.1) is 0 Å². The lowest BCUT2D eigenvalue weighted by molar-refractivity contribution is 0.802. The van der Waals surface area contributed by atoms with E-state index in [9.17, 15) is 9.59 Å². The molecule has 0 aliphatic heterocycles. The van der Waals surface area contributed by atoms with Crippen molar-refractivity contribution in [1.29, 1.82) is 0 Å². The molecule has 5 nitrogen and oxygen atoms in total. The Balaban J connectivity index is 3.45. The fraction of sp³-hybridized carbons (Fsp3) is 0.333. The number of aryl methyl sites for hydroxylation is 1. The molecule has 0 fully saturated rings. The van der Waals surface area contributed by atoms with Gasteiger partial charge in [0, 0.05) is 20.3 Å². The second-order valence-electron chi connectivity index (χ2n) is 2.16. The van der Waals surface area contributed by atoms with E-state index >= 15 is 0 Å². The van der Waals surface area contributed by atoms with Crippen molar-refractivity contribution in [2.24, 2.45) is 7.05 Å². The lowest BCUT2D eigenvalue weighted by Gasteiger charge is -1.99. The van der Waals surface area contributed by atoms with E-state index in [1.165, 1.54) is 10.8 Å². The van der Waals surface area contributed by atoms with Crippen molar-refractivity contribution >= 4 is 5.69 Å². The second kappa shape index (κ2) is 2.61. The third kappa shape index (κ3) is 1.31. The van der Waals surface area contributed by atoms with Crippen molar-refractivity contribution in [3.8, 4) is 0 Å². The predicted molar refractivity (Wildman–Crippen MR) is 41.9 cm³/mol. The Morgan fingerprint density at radius 1 is 1.55 bits per heavy atom. The van der Waals surface area contributed by atoms with Gasteiger partial charge in [0.15, 0.2) is 0 Å². The van der Waals surface area contributed by atoms with Crippen LogP contribution in [0.4, 0.5) is 5.69 Å². The van der Waals surface area contributed by atoms with E-state index in [-0.39, 0.29) is 0 Å². The van der Waals surface area contributed by atoms with E-state index in [1.807, 2.05) is 0 Å². The van der Waals surface area contributed by atoms with Gasteiger partial charge >= 0.3 is 5.69 Å². The summed E-state index contributed by atoms with van der Waals surface area (Å²) in [6.07, 6.45) is 1.45. The summed E-state index contributed by atoms with van der Waals surface area (Å²) in [6.45, 7) is 0. The number of hydrogen-bond donors (Lipinski definition) is 2. The number of H-pyrrole nitrogens is 1. The van der Waals surface area contributed by atoms with Gasteiger partial charge in [0.1, 0.15) is 5.69 Å². The Hall–Kier alpha value is -1.52. The van der Waals surface area contributed by atoms with Crippen LogP contribution in [0.1, 0.15) is 0 Å². The van der Waals surface area contributed by atoms with Gasteiger partial charge in [-0.05, 0) is 0 Å². The SMILES string of the molecule is CNc1cn(C)c(=O)[nH]c1=O. The second-order valence-corrected chi connectivity index (χ2v) is 2.16. The first kappa shape index (κ1) is 7.59. The minimum Gasteiger partial charge on any atom is -0.382 e. The molecule has 0 unspecified atom stereocenters. The molecule has 1 aromatic rings. The number of aromatic nitrogens is 2. The van der Waals surface area contributed by atoms with Crippen LogP contribution in [-0.2, 0) is 7.05 Å². The lowest BCUT2D eigenvalue weighted by Crippen LogP contribution is -2.28. The average molecular weight is 155 g/mol. The molecular weight excluding hydrogens is 146 g/mol. The zero-order valence-corrected chi connectivity index (χ0v) is 6.34. The van der Waals surface area contributed by atoms with Crippen LogP contribution in [0.2, 0.25) is 0 Å².